The first-order valence-corrected chi connectivity index (χ1v) is 5.97. The molecule has 2 aromatic carbocycles. The molecule has 0 radical (unpaired) electrons. The van der Waals surface area contributed by atoms with Crippen molar-refractivity contribution < 1.29 is 9.18 Å². The fraction of sp³-hybridized carbons (Fsp3) is 0.0667. The number of halogens is 1. The normalized spacial score (nSPS) is 9.60. The predicted octanol–water partition coefficient (Wildman–Crippen LogP) is 2.75. The Hall–Kier alpha value is -2.87. The molecular formula is C15H12FN3O. The lowest BCUT2D eigenvalue weighted by Gasteiger charge is -2.08. The van der Waals surface area contributed by atoms with Gasteiger partial charge in [0.15, 0.2) is 0 Å². The highest BCUT2D eigenvalue weighted by Gasteiger charge is 2.06. The number of nitrogens with one attached hydrogen (secondary N) is 2. The van der Waals surface area contributed by atoms with Gasteiger partial charge in [0.1, 0.15) is 5.82 Å². The van der Waals surface area contributed by atoms with Gasteiger partial charge in [0.25, 0.3) is 0 Å². The summed E-state index contributed by atoms with van der Waals surface area (Å²) < 4.78 is 13.3. The van der Waals surface area contributed by atoms with Crippen molar-refractivity contribution >= 4 is 17.3 Å². The van der Waals surface area contributed by atoms with Gasteiger partial charge in [-0.2, -0.15) is 5.26 Å². The van der Waals surface area contributed by atoms with Crippen molar-refractivity contribution in [3.63, 3.8) is 0 Å². The number of amides is 1. The fourth-order valence-corrected chi connectivity index (χ4v) is 1.64. The molecule has 0 heterocycles. The molecule has 2 aromatic rings. The van der Waals surface area contributed by atoms with Crippen LogP contribution in [0.4, 0.5) is 15.8 Å². The van der Waals surface area contributed by atoms with Crippen LogP contribution in [-0.2, 0) is 4.79 Å². The molecule has 2 rings (SSSR count). The van der Waals surface area contributed by atoms with E-state index in [9.17, 15) is 9.18 Å². The van der Waals surface area contributed by atoms with E-state index in [2.05, 4.69) is 10.6 Å². The molecule has 0 aliphatic rings. The number of benzene rings is 2. The van der Waals surface area contributed by atoms with Gasteiger partial charge >= 0.3 is 0 Å². The van der Waals surface area contributed by atoms with E-state index in [1.165, 1.54) is 12.1 Å². The van der Waals surface area contributed by atoms with Gasteiger partial charge in [0, 0.05) is 5.69 Å². The second-order valence-electron chi connectivity index (χ2n) is 4.07. The number of anilines is 2. The second kappa shape index (κ2) is 6.34. The monoisotopic (exact) mass is 269 g/mol. The van der Waals surface area contributed by atoms with Crippen molar-refractivity contribution in [3.8, 4) is 6.07 Å². The van der Waals surface area contributed by atoms with Crippen LogP contribution in [0.25, 0.3) is 0 Å². The number of carbonyl (C=O) groups is 1. The van der Waals surface area contributed by atoms with Crippen LogP contribution in [0.15, 0.2) is 48.5 Å². The van der Waals surface area contributed by atoms with Crippen molar-refractivity contribution in [1.82, 2.24) is 0 Å². The number of nitriles is 1. The highest BCUT2D eigenvalue weighted by atomic mass is 19.1. The lowest BCUT2D eigenvalue weighted by Crippen LogP contribution is -2.22. The Balaban J connectivity index is 1.93. The van der Waals surface area contributed by atoms with Crippen LogP contribution in [0.1, 0.15) is 5.56 Å². The minimum Gasteiger partial charge on any atom is -0.376 e. The van der Waals surface area contributed by atoms with E-state index in [-0.39, 0.29) is 18.1 Å². The maximum Gasteiger partial charge on any atom is 0.243 e. The van der Waals surface area contributed by atoms with E-state index >= 15 is 0 Å². The van der Waals surface area contributed by atoms with Crippen LogP contribution in [0.3, 0.4) is 0 Å². The van der Waals surface area contributed by atoms with Gasteiger partial charge < -0.3 is 10.6 Å². The quantitative estimate of drug-likeness (QED) is 0.897. The molecule has 0 atom stereocenters. The Bertz CT molecular complexity index is 664. The zero-order chi connectivity index (χ0) is 14.4. The van der Waals surface area contributed by atoms with Gasteiger partial charge in [-0.25, -0.2) is 4.39 Å². The third kappa shape index (κ3) is 3.56. The lowest BCUT2D eigenvalue weighted by atomic mass is 10.2. The lowest BCUT2D eigenvalue weighted by molar-refractivity contribution is -0.114. The maximum absolute atomic E-state index is 13.3. The number of para-hydroxylation sites is 1. The average molecular weight is 269 g/mol. The Kier molecular flexibility index (Phi) is 4.30. The maximum atomic E-state index is 13.3. The standard InChI is InChI=1S/C15H12FN3O/c16-13-6-1-2-7-14(13)19-15(20)10-18-12-5-3-4-11(8-12)9-17/h1-8,18H,10H2,(H,19,20). The molecule has 0 aliphatic carbocycles. The van der Waals surface area contributed by atoms with E-state index in [1.807, 2.05) is 6.07 Å². The van der Waals surface area contributed by atoms with Gasteiger partial charge in [-0.3, -0.25) is 4.79 Å². The van der Waals surface area contributed by atoms with Crippen molar-refractivity contribution in [2.45, 2.75) is 0 Å². The highest BCUT2D eigenvalue weighted by Crippen LogP contribution is 2.13. The second-order valence-corrected chi connectivity index (χ2v) is 4.07. The number of nitrogens with zero attached hydrogens (tertiary/aromatic N) is 1. The molecule has 0 fully saturated rings. The van der Waals surface area contributed by atoms with E-state index in [1.54, 1.807) is 36.4 Å². The van der Waals surface area contributed by atoms with Crippen molar-refractivity contribution in [3.05, 3.63) is 59.9 Å². The zero-order valence-corrected chi connectivity index (χ0v) is 10.6. The minimum atomic E-state index is -0.479. The molecule has 0 aliphatic heterocycles. The molecule has 4 nitrogen and oxygen atoms in total. The molecule has 0 saturated heterocycles. The van der Waals surface area contributed by atoms with Gasteiger partial charge in [0.05, 0.1) is 23.9 Å². The van der Waals surface area contributed by atoms with Gasteiger partial charge in [0.2, 0.25) is 5.91 Å². The molecule has 0 spiro atoms. The Morgan fingerprint density at radius 1 is 1.20 bits per heavy atom. The van der Waals surface area contributed by atoms with Gasteiger partial charge in [-0.1, -0.05) is 18.2 Å². The summed E-state index contributed by atoms with van der Waals surface area (Å²) in [6, 6.07) is 14.7. The number of rotatable bonds is 4. The summed E-state index contributed by atoms with van der Waals surface area (Å²) in [6.45, 7) is -0.0107. The Morgan fingerprint density at radius 2 is 2.00 bits per heavy atom. The zero-order valence-electron chi connectivity index (χ0n) is 10.6. The minimum absolute atomic E-state index is 0.0107. The summed E-state index contributed by atoms with van der Waals surface area (Å²) in [5.74, 6) is -0.843. The van der Waals surface area contributed by atoms with E-state index in [0.29, 0.717) is 11.3 Å². The van der Waals surface area contributed by atoms with Crippen LogP contribution in [0.5, 0.6) is 0 Å². The summed E-state index contributed by atoms with van der Waals surface area (Å²) in [4.78, 5) is 11.7. The van der Waals surface area contributed by atoms with Crippen LogP contribution >= 0.6 is 0 Å². The molecule has 2 N–H and O–H groups in total. The Labute approximate surface area is 115 Å². The molecule has 1 amide bonds. The third-order valence-corrected chi connectivity index (χ3v) is 2.59. The predicted molar refractivity (Wildman–Crippen MR) is 74.7 cm³/mol. The number of carbonyl (C=O) groups excluding carboxylic acids is 1. The van der Waals surface area contributed by atoms with Gasteiger partial charge in [-0.15, -0.1) is 0 Å². The average Bonchev–Trinajstić information content (AvgIpc) is 2.48. The summed E-state index contributed by atoms with van der Waals surface area (Å²) in [7, 11) is 0. The van der Waals surface area contributed by atoms with Gasteiger partial charge in [-0.05, 0) is 30.3 Å². The van der Waals surface area contributed by atoms with Crippen LogP contribution in [0.2, 0.25) is 0 Å². The molecule has 0 aromatic heterocycles. The third-order valence-electron chi connectivity index (χ3n) is 2.59. The number of hydrogen-bond donors (Lipinski definition) is 2. The van der Waals surface area contributed by atoms with Crippen molar-refractivity contribution in [2.75, 3.05) is 17.2 Å². The molecule has 0 bridgehead atoms. The number of hydrogen-bond acceptors (Lipinski definition) is 3. The first kappa shape index (κ1) is 13.6. The van der Waals surface area contributed by atoms with E-state index in [0.717, 1.165) is 0 Å². The first-order valence-electron chi connectivity index (χ1n) is 5.97. The molecule has 20 heavy (non-hydrogen) atoms. The van der Waals surface area contributed by atoms with E-state index in [4.69, 9.17) is 5.26 Å². The summed E-state index contributed by atoms with van der Waals surface area (Å²) >= 11 is 0. The molecule has 5 heteroatoms. The molecule has 100 valence electrons. The summed E-state index contributed by atoms with van der Waals surface area (Å²) in [6.07, 6.45) is 0. The molecular weight excluding hydrogens is 257 g/mol. The smallest absolute Gasteiger partial charge is 0.243 e. The summed E-state index contributed by atoms with van der Waals surface area (Å²) in [5.41, 5.74) is 1.31. The molecule has 0 unspecified atom stereocenters. The first-order chi connectivity index (χ1) is 9.69. The summed E-state index contributed by atoms with van der Waals surface area (Å²) in [5, 5.41) is 14.1. The topological polar surface area (TPSA) is 64.9 Å². The van der Waals surface area contributed by atoms with Crippen molar-refractivity contribution in [1.29, 1.82) is 5.26 Å². The van der Waals surface area contributed by atoms with Crippen molar-refractivity contribution in [2.24, 2.45) is 0 Å². The van der Waals surface area contributed by atoms with E-state index < -0.39 is 5.82 Å². The molecule has 0 saturated carbocycles. The van der Waals surface area contributed by atoms with Crippen LogP contribution in [0, 0.1) is 17.1 Å². The largest absolute Gasteiger partial charge is 0.376 e. The fourth-order valence-electron chi connectivity index (χ4n) is 1.64. The van der Waals surface area contributed by atoms with Crippen LogP contribution in [-0.4, -0.2) is 12.5 Å². The SMILES string of the molecule is N#Cc1cccc(NCC(=O)Nc2ccccc2F)c1. The Morgan fingerprint density at radius 3 is 2.75 bits per heavy atom. The van der Waals surface area contributed by atoms with Crippen LogP contribution < -0.4 is 10.6 Å². The highest BCUT2D eigenvalue weighted by molar-refractivity contribution is 5.93.